The van der Waals surface area contributed by atoms with Crippen molar-refractivity contribution in [1.82, 2.24) is 10.3 Å². The third-order valence-electron chi connectivity index (χ3n) is 7.60. The van der Waals surface area contributed by atoms with E-state index >= 15 is 0 Å². The average Bonchev–Trinajstić information content (AvgIpc) is 3.46. The van der Waals surface area contributed by atoms with Gasteiger partial charge in [-0.05, 0) is 78.7 Å². The zero-order valence-electron chi connectivity index (χ0n) is 21.7. The van der Waals surface area contributed by atoms with Gasteiger partial charge >= 0.3 is 0 Å². The van der Waals surface area contributed by atoms with Crippen molar-refractivity contribution >= 4 is 0 Å². The Morgan fingerprint density at radius 2 is 1.74 bits per heavy atom. The highest BCUT2D eigenvalue weighted by Gasteiger charge is 2.27. The molecule has 190 valence electrons. The summed E-state index contributed by atoms with van der Waals surface area (Å²) in [6.07, 6.45) is 4.13. The predicted octanol–water partition coefficient (Wildman–Crippen LogP) is 6.11. The molecule has 1 aliphatic heterocycles. The Bertz CT molecular complexity index is 1540. The highest BCUT2D eigenvalue weighted by atomic mass is 16.5. The maximum atomic E-state index is 9.65. The third kappa shape index (κ3) is 4.58. The molecule has 0 saturated carbocycles. The minimum Gasteiger partial charge on any atom is -0.491 e. The smallest absolute Gasteiger partial charge is 0.127 e. The quantitative estimate of drug-likeness (QED) is 0.309. The van der Waals surface area contributed by atoms with Gasteiger partial charge in [0.2, 0.25) is 0 Å². The SMILES string of the molecule is COCCOc1ccccc1-c1c(-c2cccc(C#N)c2)nc(-c2ccc3c(c2)CCNC3)c2c1CCC2. The second-order valence-corrected chi connectivity index (χ2v) is 9.93. The number of pyridine rings is 1. The fraction of sp³-hybridized carbons (Fsp3) is 0.273. The number of ether oxygens (including phenoxy) is 2. The summed E-state index contributed by atoms with van der Waals surface area (Å²) in [5.74, 6) is 0.826. The summed E-state index contributed by atoms with van der Waals surface area (Å²) < 4.78 is 11.4. The molecular formula is C33H31N3O2. The normalized spacial score (nSPS) is 14.0. The molecule has 1 aliphatic carbocycles. The van der Waals surface area contributed by atoms with Crippen molar-refractivity contribution in [2.75, 3.05) is 26.9 Å². The Morgan fingerprint density at radius 1 is 0.868 bits per heavy atom. The van der Waals surface area contributed by atoms with Crippen LogP contribution in [-0.4, -0.2) is 31.9 Å². The number of para-hydroxylation sites is 1. The number of nitrogens with zero attached hydrogens (tertiary/aromatic N) is 2. The van der Waals surface area contributed by atoms with Crippen molar-refractivity contribution in [2.24, 2.45) is 0 Å². The second kappa shape index (κ2) is 10.8. The molecule has 0 bridgehead atoms. The maximum Gasteiger partial charge on any atom is 0.127 e. The van der Waals surface area contributed by atoms with Crippen molar-refractivity contribution in [2.45, 2.75) is 32.2 Å². The van der Waals surface area contributed by atoms with E-state index in [4.69, 9.17) is 14.5 Å². The highest BCUT2D eigenvalue weighted by Crippen LogP contribution is 2.45. The van der Waals surface area contributed by atoms with Gasteiger partial charge in [-0.3, -0.25) is 0 Å². The van der Waals surface area contributed by atoms with E-state index in [1.807, 2.05) is 30.3 Å². The van der Waals surface area contributed by atoms with Crippen LogP contribution >= 0.6 is 0 Å². The first-order valence-corrected chi connectivity index (χ1v) is 13.4. The molecule has 5 heteroatoms. The first-order valence-electron chi connectivity index (χ1n) is 13.4. The predicted molar refractivity (Wildman–Crippen MR) is 150 cm³/mol. The summed E-state index contributed by atoms with van der Waals surface area (Å²) in [7, 11) is 1.68. The topological polar surface area (TPSA) is 67.2 Å². The van der Waals surface area contributed by atoms with Crippen LogP contribution in [0.4, 0.5) is 0 Å². The Labute approximate surface area is 224 Å². The average molecular weight is 502 g/mol. The summed E-state index contributed by atoms with van der Waals surface area (Å²) in [6, 6.07) is 25.1. The molecule has 38 heavy (non-hydrogen) atoms. The van der Waals surface area contributed by atoms with E-state index in [-0.39, 0.29) is 0 Å². The number of fused-ring (bicyclic) bond motifs is 2. The monoisotopic (exact) mass is 501 g/mol. The lowest BCUT2D eigenvalue weighted by atomic mass is 9.88. The number of hydrogen-bond donors (Lipinski definition) is 1. The van der Waals surface area contributed by atoms with Crippen LogP contribution in [0.25, 0.3) is 33.6 Å². The molecule has 6 rings (SSSR count). The van der Waals surface area contributed by atoms with Crippen LogP contribution in [0.5, 0.6) is 5.75 Å². The van der Waals surface area contributed by atoms with Gasteiger partial charge in [0, 0.05) is 35.9 Å². The zero-order valence-corrected chi connectivity index (χ0v) is 21.7. The van der Waals surface area contributed by atoms with E-state index < -0.39 is 0 Å². The summed E-state index contributed by atoms with van der Waals surface area (Å²) >= 11 is 0. The van der Waals surface area contributed by atoms with Crippen LogP contribution in [0.2, 0.25) is 0 Å². The number of benzene rings is 3. The Morgan fingerprint density at radius 3 is 2.63 bits per heavy atom. The lowest BCUT2D eigenvalue weighted by Crippen LogP contribution is -2.23. The van der Waals surface area contributed by atoms with Crippen molar-refractivity contribution in [3.05, 3.63) is 94.5 Å². The molecular weight excluding hydrogens is 470 g/mol. The van der Waals surface area contributed by atoms with Gasteiger partial charge in [0.25, 0.3) is 0 Å². The lowest BCUT2D eigenvalue weighted by Gasteiger charge is -2.22. The van der Waals surface area contributed by atoms with Crippen molar-refractivity contribution in [1.29, 1.82) is 5.26 Å². The molecule has 1 N–H and O–H groups in total. The van der Waals surface area contributed by atoms with Gasteiger partial charge in [-0.15, -0.1) is 0 Å². The van der Waals surface area contributed by atoms with Gasteiger partial charge in [0.1, 0.15) is 12.4 Å². The molecule has 0 atom stereocenters. The molecule has 0 spiro atoms. The van der Waals surface area contributed by atoms with Crippen LogP contribution in [0.3, 0.4) is 0 Å². The number of nitrogens with one attached hydrogen (secondary N) is 1. The van der Waals surface area contributed by atoms with E-state index in [1.54, 1.807) is 7.11 Å². The van der Waals surface area contributed by atoms with Crippen LogP contribution in [0.1, 0.15) is 34.2 Å². The van der Waals surface area contributed by atoms with Crippen LogP contribution in [-0.2, 0) is 30.5 Å². The lowest BCUT2D eigenvalue weighted by molar-refractivity contribution is 0.146. The van der Waals surface area contributed by atoms with E-state index in [2.05, 4.69) is 47.8 Å². The maximum absolute atomic E-state index is 9.65. The number of methoxy groups -OCH3 is 1. The van der Waals surface area contributed by atoms with Crippen molar-refractivity contribution < 1.29 is 9.47 Å². The van der Waals surface area contributed by atoms with Crippen molar-refractivity contribution in [3.8, 4) is 45.5 Å². The van der Waals surface area contributed by atoms with Crippen molar-refractivity contribution in [3.63, 3.8) is 0 Å². The van der Waals surface area contributed by atoms with Crippen LogP contribution < -0.4 is 10.1 Å². The van der Waals surface area contributed by atoms with Gasteiger partial charge < -0.3 is 14.8 Å². The van der Waals surface area contributed by atoms with Gasteiger partial charge in [-0.1, -0.05) is 42.5 Å². The summed E-state index contributed by atoms with van der Waals surface area (Å²) in [4.78, 5) is 5.42. The Kier molecular flexibility index (Phi) is 6.92. The zero-order chi connectivity index (χ0) is 25.9. The second-order valence-electron chi connectivity index (χ2n) is 9.93. The molecule has 0 radical (unpaired) electrons. The number of hydrogen-bond acceptors (Lipinski definition) is 5. The molecule has 2 heterocycles. The molecule has 2 aliphatic rings. The summed E-state index contributed by atoms with van der Waals surface area (Å²) in [5, 5.41) is 13.1. The number of rotatable bonds is 7. The summed E-state index contributed by atoms with van der Waals surface area (Å²) in [5.41, 5.74) is 12.3. The molecule has 4 aromatic rings. The molecule has 0 saturated heterocycles. The van der Waals surface area contributed by atoms with Gasteiger partial charge in [-0.25, -0.2) is 4.98 Å². The van der Waals surface area contributed by atoms with Gasteiger partial charge in [0.15, 0.2) is 0 Å². The molecule has 5 nitrogen and oxygen atoms in total. The minimum absolute atomic E-state index is 0.477. The van der Waals surface area contributed by atoms with E-state index in [0.717, 1.165) is 72.6 Å². The standard InChI is InChI=1S/C33H31N3O2/c1-37-16-17-38-30-11-3-2-8-29(30)31-27-9-5-10-28(27)32(25-12-13-26-21-35-15-14-23(26)19-25)36-33(31)24-7-4-6-22(18-24)20-34/h2-4,6-8,11-13,18-19,35H,5,9-10,14-17,21H2,1H3. The Balaban J connectivity index is 1.59. The largest absolute Gasteiger partial charge is 0.491 e. The van der Waals surface area contributed by atoms with Crippen LogP contribution in [0.15, 0.2) is 66.7 Å². The minimum atomic E-state index is 0.477. The fourth-order valence-electron chi connectivity index (χ4n) is 5.79. The van der Waals surface area contributed by atoms with E-state index in [9.17, 15) is 5.26 Å². The first-order chi connectivity index (χ1) is 18.8. The molecule has 3 aromatic carbocycles. The first kappa shape index (κ1) is 24.4. The number of nitriles is 1. The third-order valence-corrected chi connectivity index (χ3v) is 7.60. The van der Waals surface area contributed by atoms with E-state index in [0.29, 0.717) is 18.8 Å². The fourth-order valence-corrected chi connectivity index (χ4v) is 5.79. The Hall–Kier alpha value is -3.98. The van der Waals surface area contributed by atoms with E-state index in [1.165, 1.54) is 27.8 Å². The highest BCUT2D eigenvalue weighted by molar-refractivity contribution is 5.90. The number of aromatic nitrogens is 1. The van der Waals surface area contributed by atoms with Crippen LogP contribution in [0, 0.1) is 11.3 Å². The summed E-state index contributed by atoms with van der Waals surface area (Å²) in [6.45, 7) is 2.93. The molecule has 0 amide bonds. The molecule has 1 aromatic heterocycles. The molecule has 0 fully saturated rings. The van der Waals surface area contributed by atoms with Gasteiger partial charge in [0.05, 0.1) is 29.6 Å². The van der Waals surface area contributed by atoms with Gasteiger partial charge in [-0.2, -0.15) is 5.26 Å². The molecule has 0 unspecified atom stereocenters.